The number of hydrogen-bond acceptors (Lipinski definition) is 0. The topological polar surface area (TPSA) is 0 Å². The largest absolute Gasteiger partial charge is 0.0642 e. The molecule has 0 aliphatic heterocycles. The minimum atomic E-state index is -0.185. The number of rotatable bonds is 12. The van der Waals surface area contributed by atoms with Gasteiger partial charge < -0.3 is 0 Å². The second-order valence-electron chi connectivity index (χ2n) is 35.8. The van der Waals surface area contributed by atoms with Crippen LogP contribution >= 0.6 is 191 Å². The Morgan fingerprint density at radius 1 is 0.127 bits per heavy atom. The first-order chi connectivity index (χ1) is 60.6. The highest BCUT2D eigenvalue weighted by atomic mass is 79.9. The highest BCUT2D eigenvalue weighted by molar-refractivity contribution is 9.12. The van der Waals surface area contributed by atoms with Gasteiger partial charge in [-0.3, -0.25) is 0 Å². The molecule has 19 rings (SSSR count). The summed E-state index contributed by atoms with van der Waals surface area (Å²) in [5, 5.41) is 0. The molecule has 0 saturated carbocycles. The van der Waals surface area contributed by atoms with E-state index in [1.807, 2.05) is 0 Å². The highest BCUT2D eigenvalue weighted by Gasteiger charge is 2.49. The molecule has 24 bridgehead atoms. The van der Waals surface area contributed by atoms with Crippen LogP contribution in [0.1, 0.15) is 294 Å². The van der Waals surface area contributed by atoms with Crippen molar-refractivity contribution in [1.29, 1.82) is 0 Å². The van der Waals surface area contributed by atoms with Crippen LogP contribution in [0.2, 0.25) is 0 Å². The van der Waals surface area contributed by atoms with E-state index in [0.717, 1.165) is 131 Å². The molecule has 0 aromatic heterocycles. The van der Waals surface area contributed by atoms with Crippen molar-refractivity contribution in [3.63, 3.8) is 0 Å². The van der Waals surface area contributed by atoms with E-state index in [-0.39, 0.29) is 32.5 Å². The van der Waals surface area contributed by atoms with Gasteiger partial charge in [0.05, 0.1) is 0 Å². The predicted octanol–water partition coefficient (Wildman–Crippen LogP) is 40.7. The van der Waals surface area contributed by atoms with Gasteiger partial charge in [0.25, 0.3) is 0 Å². The highest BCUT2D eigenvalue weighted by Crippen LogP contribution is 2.64. The molecule has 0 fully saturated rings. The van der Waals surface area contributed by atoms with Crippen molar-refractivity contribution < 1.29 is 0 Å². The lowest BCUT2D eigenvalue weighted by Crippen LogP contribution is -2.23. The monoisotopic (exact) mass is 2410 g/mol. The quantitative estimate of drug-likeness (QED) is 0.114. The van der Waals surface area contributed by atoms with Gasteiger partial charge in [-0.1, -0.05) is 347 Å². The molecule has 12 aromatic rings. The first-order valence-electron chi connectivity index (χ1n) is 44.8. The van der Waals surface area contributed by atoms with Crippen molar-refractivity contribution in [1.82, 2.24) is 0 Å². The summed E-state index contributed by atoms with van der Waals surface area (Å²) >= 11 is 50.0. The summed E-state index contributed by atoms with van der Waals surface area (Å²) in [4.78, 5) is 0. The Morgan fingerprint density at radius 3 is 0.262 bits per heavy atom. The fourth-order valence-corrected chi connectivity index (χ4v) is 29.8. The summed E-state index contributed by atoms with van der Waals surface area (Å²) in [5.74, 6) is 0. The third-order valence-electron chi connectivity index (χ3n) is 31.5. The number of halogens is 12. The second kappa shape index (κ2) is 34.1. The molecule has 0 atom stereocenters. The molecule has 0 nitrogen and oxygen atoms in total. The Kier molecular flexibility index (Phi) is 24.4. The SMILES string of the molecule is CCC1(CC)c2cc3c(Br)cc2-c2cc(Br)c(cc21)C=Cc1cc2c(cc1Br)-c1cc(Br)c(cc1C2(CC)CC)C=Cc1cc2c(cc1Br)-c1cc(Br)c(cc1C2(CC)CC)C=Cc1cc2c(cc1Br)-c1cc(Br)c(cc1C2(CC)CC)C=Cc1cc2c(cc1Br)-c1cc(Br)c(cc1C2(CC)CC)C=Cc1cc2c(cc1Br)-c1cc(Br)c(cc1C2(CC)CC)C=C3. The van der Waals surface area contributed by atoms with Crippen LogP contribution in [0.5, 0.6) is 0 Å². The van der Waals surface area contributed by atoms with E-state index in [0.29, 0.717) is 0 Å². The van der Waals surface area contributed by atoms with Crippen LogP contribution < -0.4 is 0 Å². The van der Waals surface area contributed by atoms with Gasteiger partial charge >= 0.3 is 0 Å². The van der Waals surface area contributed by atoms with Crippen molar-refractivity contribution in [2.45, 2.75) is 193 Å². The number of fused-ring (bicyclic) bond motifs is 18. The van der Waals surface area contributed by atoms with Crippen molar-refractivity contribution in [3.05, 3.63) is 333 Å². The lowest BCUT2D eigenvalue weighted by atomic mass is 9.73. The van der Waals surface area contributed by atoms with Crippen molar-refractivity contribution in [2.24, 2.45) is 0 Å². The molecule has 126 heavy (non-hydrogen) atoms. The standard InChI is InChI=1S/C114H96Br12/c1-13-109(14-2)85-37-61-25-27-63-39-87-75(51-99(63)117)77-53-101(119)65(41-89(77)110(87,15-3)16-4)29-31-67-43-91-79(55-103(67)121)81-57-105(123)69(45-93(81)112(91,19-7)20-8)33-35-71-47-95-83(59-107(71)125)84-60-108(126)72(48-96(84)114(95,23-11)24-12)36-34-70-46-94-82(58-106(70)124)80-56-104(122)68(44-92(80)113(94,21-9)22-10)32-30-66-42-90-78(54-102(66)120)76-52-100(118)64(40-88(76)111(90,17-5)18-6)28-26-62-38-86(109)74(50-98(62)116)73(85)49-97(61)115/h25-60H,13-24H2,1-12H3. The lowest BCUT2D eigenvalue weighted by molar-refractivity contribution is 0.490. The molecule has 12 aromatic carbocycles. The zero-order chi connectivity index (χ0) is 88.7. The zero-order valence-electron chi connectivity index (χ0n) is 72.8. The molecule has 0 heterocycles. The molecular formula is C114H96Br12. The third kappa shape index (κ3) is 13.6. The summed E-state index contributed by atoms with van der Waals surface area (Å²) in [6.07, 6.45) is 39.6. The first-order valence-corrected chi connectivity index (χ1v) is 54.3. The van der Waals surface area contributed by atoms with E-state index < -0.39 is 0 Å². The molecule has 7 aliphatic carbocycles. The second-order valence-corrected chi connectivity index (χ2v) is 46.0. The summed E-state index contributed by atoms with van der Waals surface area (Å²) < 4.78 is 12.9. The van der Waals surface area contributed by atoms with Crippen LogP contribution in [0, 0.1) is 0 Å². The van der Waals surface area contributed by atoms with Gasteiger partial charge in [0.2, 0.25) is 0 Å². The molecular weight excluding hydrogens is 2330 g/mol. The Labute approximate surface area is 846 Å². The van der Waals surface area contributed by atoms with Crippen LogP contribution in [0.3, 0.4) is 0 Å². The van der Waals surface area contributed by atoms with Crippen LogP contribution in [-0.4, -0.2) is 0 Å². The van der Waals surface area contributed by atoms with Gasteiger partial charge in [0.1, 0.15) is 0 Å². The molecule has 0 saturated heterocycles. The van der Waals surface area contributed by atoms with Gasteiger partial charge in [0, 0.05) is 86.2 Å². The smallest absolute Gasteiger partial charge is 0.0254 e. The summed E-state index contributed by atoms with van der Waals surface area (Å²) in [7, 11) is 0. The number of hydrogen-bond donors (Lipinski definition) is 0. The lowest BCUT2D eigenvalue weighted by Gasteiger charge is -2.30. The normalized spacial score (nSPS) is 16.2. The summed E-state index contributed by atoms with van der Waals surface area (Å²) in [6, 6.07) is 58.4. The minimum Gasteiger partial charge on any atom is -0.0642 e. The third-order valence-corrected chi connectivity index (χ3v) is 39.7. The molecule has 0 radical (unpaired) electrons. The molecule has 0 amide bonds. The maximum absolute atomic E-state index is 4.17. The van der Waals surface area contributed by atoms with Crippen molar-refractivity contribution in [3.8, 4) is 66.8 Å². The van der Waals surface area contributed by atoms with Crippen LogP contribution in [0.4, 0.5) is 0 Å². The molecule has 0 unspecified atom stereocenters. The molecule has 0 spiro atoms. The van der Waals surface area contributed by atoms with Gasteiger partial charge in [0.15, 0.2) is 0 Å². The van der Waals surface area contributed by atoms with E-state index in [2.05, 4.69) is 493 Å². The zero-order valence-corrected chi connectivity index (χ0v) is 91.8. The Balaban J connectivity index is 0.717. The molecule has 12 heteroatoms. The van der Waals surface area contributed by atoms with Crippen LogP contribution in [-0.2, 0) is 32.5 Å². The Morgan fingerprint density at radius 2 is 0.198 bits per heavy atom. The van der Waals surface area contributed by atoms with Crippen LogP contribution in [0.15, 0.2) is 199 Å². The maximum Gasteiger partial charge on any atom is 0.0254 e. The fourth-order valence-electron chi connectivity index (χ4n) is 24.1. The first kappa shape index (κ1) is 90.0. The average Bonchev–Trinajstić information content (AvgIpc) is 1.58. The molecule has 0 N–H and O–H groups in total. The van der Waals surface area contributed by atoms with E-state index in [4.69, 9.17) is 0 Å². The van der Waals surface area contributed by atoms with E-state index in [1.165, 1.54) is 200 Å². The summed E-state index contributed by atoms with van der Waals surface area (Å²) in [6.45, 7) is 28.5. The Bertz CT molecular complexity index is 5460. The van der Waals surface area contributed by atoms with Gasteiger partial charge in [-0.25, -0.2) is 0 Å². The number of benzene rings is 12. The predicted molar refractivity (Wildman–Crippen MR) is 585 cm³/mol. The van der Waals surface area contributed by atoms with Crippen LogP contribution in [0.25, 0.3) is 140 Å². The van der Waals surface area contributed by atoms with E-state index in [1.54, 1.807) is 0 Å². The van der Waals surface area contributed by atoms with E-state index >= 15 is 0 Å². The van der Waals surface area contributed by atoms with Crippen molar-refractivity contribution in [2.75, 3.05) is 0 Å². The van der Waals surface area contributed by atoms with Gasteiger partial charge in [-0.2, -0.15) is 0 Å². The molecule has 7 aliphatic rings. The minimum absolute atomic E-state index is 0.185. The van der Waals surface area contributed by atoms with Gasteiger partial charge in [-0.05, 0) is 423 Å². The van der Waals surface area contributed by atoms with Gasteiger partial charge in [-0.15, -0.1) is 0 Å². The molecule has 636 valence electrons. The Hall–Kier alpha value is -5.16. The van der Waals surface area contributed by atoms with Crippen molar-refractivity contribution >= 4 is 264 Å². The average molecular weight is 2420 g/mol. The maximum atomic E-state index is 4.17. The fraction of sp³-hybridized carbons (Fsp3) is 0.263. The van der Waals surface area contributed by atoms with E-state index in [9.17, 15) is 0 Å². The summed E-state index contributed by atoms with van der Waals surface area (Å²) in [5.41, 5.74) is 45.0.